The third-order valence-electron chi connectivity index (χ3n) is 4.91. The van der Waals surface area contributed by atoms with Crippen LogP contribution in [0.4, 0.5) is 0 Å². The van der Waals surface area contributed by atoms with Gasteiger partial charge in [-0.1, -0.05) is 12.1 Å². The molecular weight excluding hydrogens is 326 g/mol. The van der Waals surface area contributed by atoms with Crippen LogP contribution in [-0.2, 0) is 6.54 Å². The maximum atomic E-state index is 12.9. The van der Waals surface area contributed by atoms with Gasteiger partial charge < -0.3 is 9.47 Å². The maximum Gasteiger partial charge on any atom is 0.253 e. The van der Waals surface area contributed by atoms with E-state index >= 15 is 0 Å². The van der Waals surface area contributed by atoms with Gasteiger partial charge in [-0.3, -0.25) is 9.48 Å². The minimum Gasteiger partial charge on any atom is -0.337 e. The number of likely N-dealkylation sites (tertiary alicyclic amines) is 1. The topological polar surface area (TPSA) is 56.0 Å². The zero-order valence-electron chi connectivity index (χ0n) is 15.0. The van der Waals surface area contributed by atoms with E-state index in [1.165, 1.54) is 0 Å². The summed E-state index contributed by atoms with van der Waals surface area (Å²) in [5, 5.41) is 4.42. The lowest BCUT2D eigenvalue weighted by atomic mass is 10.0. The molecule has 134 valence electrons. The number of carbonyl (C=O) groups excluding carboxylic acids is 1. The van der Waals surface area contributed by atoms with Crippen LogP contribution in [0.3, 0.4) is 0 Å². The monoisotopic (exact) mass is 349 g/mol. The summed E-state index contributed by atoms with van der Waals surface area (Å²) in [5.74, 6) is 0.104. The zero-order valence-corrected chi connectivity index (χ0v) is 15.0. The number of rotatable bonds is 4. The predicted molar refractivity (Wildman–Crippen MR) is 98.9 cm³/mol. The Morgan fingerprint density at radius 3 is 2.81 bits per heavy atom. The van der Waals surface area contributed by atoms with Gasteiger partial charge in [0.15, 0.2) is 0 Å². The van der Waals surface area contributed by atoms with Gasteiger partial charge in [0.2, 0.25) is 0 Å². The van der Waals surface area contributed by atoms with Gasteiger partial charge in [0.25, 0.3) is 5.91 Å². The number of hydrogen-bond acceptors (Lipinski definition) is 3. The van der Waals surface area contributed by atoms with E-state index in [-0.39, 0.29) is 11.9 Å². The molecule has 6 nitrogen and oxygen atoms in total. The van der Waals surface area contributed by atoms with Crippen molar-refractivity contribution >= 4 is 5.91 Å². The Labute approximate surface area is 153 Å². The highest BCUT2D eigenvalue weighted by molar-refractivity contribution is 5.94. The SMILES string of the molecule is Cc1cnn(C2CCCN(C(=O)c3ccc(Cn4ccnc4)cc3)C2)c1. The molecule has 1 aliphatic heterocycles. The third kappa shape index (κ3) is 3.54. The largest absolute Gasteiger partial charge is 0.337 e. The first kappa shape index (κ1) is 16.6. The van der Waals surface area contributed by atoms with Gasteiger partial charge in [0, 0.05) is 43.8 Å². The average molecular weight is 349 g/mol. The van der Waals surface area contributed by atoms with E-state index in [2.05, 4.69) is 16.3 Å². The lowest BCUT2D eigenvalue weighted by molar-refractivity contribution is 0.0673. The lowest BCUT2D eigenvalue weighted by Gasteiger charge is -2.33. The normalized spacial score (nSPS) is 17.4. The van der Waals surface area contributed by atoms with E-state index in [1.807, 2.05) is 57.7 Å². The van der Waals surface area contributed by atoms with E-state index in [0.717, 1.165) is 49.2 Å². The van der Waals surface area contributed by atoms with E-state index in [4.69, 9.17) is 0 Å². The Kier molecular flexibility index (Phi) is 4.56. The van der Waals surface area contributed by atoms with E-state index in [9.17, 15) is 4.79 Å². The van der Waals surface area contributed by atoms with E-state index in [0.29, 0.717) is 0 Å². The number of hydrogen-bond donors (Lipinski definition) is 0. The molecule has 1 atom stereocenters. The van der Waals surface area contributed by atoms with Crippen molar-refractivity contribution in [2.45, 2.75) is 32.4 Å². The van der Waals surface area contributed by atoms with Crippen LogP contribution in [-0.4, -0.2) is 43.2 Å². The molecule has 1 amide bonds. The number of piperidine rings is 1. The second kappa shape index (κ2) is 7.15. The molecule has 0 N–H and O–H groups in total. The molecule has 1 aliphatic rings. The second-order valence-corrected chi connectivity index (χ2v) is 6.98. The molecule has 1 saturated heterocycles. The summed E-state index contributed by atoms with van der Waals surface area (Å²) in [6, 6.07) is 8.16. The molecule has 0 saturated carbocycles. The molecular formula is C20H23N5O. The highest BCUT2D eigenvalue weighted by Crippen LogP contribution is 2.23. The van der Waals surface area contributed by atoms with Crippen molar-refractivity contribution in [2.75, 3.05) is 13.1 Å². The van der Waals surface area contributed by atoms with Crippen molar-refractivity contribution in [3.63, 3.8) is 0 Å². The van der Waals surface area contributed by atoms with Crippen molar-refractivity contribution in [2.24, 2.45) is 0 Å². The number of amides is 1. The summed E-state index contributed by atoms with van der Waals surface area (Å²) in [6.45, 7) is 4.34. The molecule has 0 bridgehead atoms. The smallest absolute Gasteiger partial charge is 0.253 e. The van der Waals surface area contributed by atoms with Crippen molar-refractivity contribution in [1.82, 2.24) is 24.2 Å². The Morgan fingerprint density at radius 1 is 1.27 bits per heavy atom. The summed E-state index contributed by atoms with van der Waals surface area (Å²) in [7, 11) is 0. The maximum absolute atomic E-state index is 12.9. The molecule has 6 heteroatoms. The quantitative estimate of drug-likeness (QED) is 0.728. The first-order valence-electron chi connectivity index (χ1n) is 9.04. The van der Waals surface area contributed by atoms with Gasteiger partial charge >= 0.3 is 0 Å². The summed E-state index contributed by atoms with van der Waals surface area (Å²) >= 11 is 0. The van der Waals surface area contributed by atoms with E-state index in [1.54, 1.807) is 12.5 Å². The predicted octanol–water partition coefficient (Wildman–Crippen LogP) is 2.91. The Bertz CT molecular complexity index is 866. The number of carbonyl (C=O) groups is 1. The number of benzene rings is 1. The van der Waals surface area contributed by atoms with Gasteiger partial charge in [-0.05, 0) is 43.0 Å². The second-order valence-electron chi connectivity index (χ2n) is 6.98. The van der Waals surface area contributed by atoms with Crippen molar-refractivity contribution in [3.8, 4) is 0 Å². The van der Waals surface area contributed by atoms with Crippen LogP contribution in [0.2, 0.25) is 0 Å². The zero-order chi connectivity index (χ0) is 17.9. The van der Waals surface area contributed by atoms with Gasteiger partial charge in [-0.2, -0.15) is 5.10 Å². The summed E-state index contributed by atoms with van der Waals surface area (Å²) in [4.78, 5) is 18.9. The van der Waals surface area contributed by atoms with Crippen LogP contribution < -0.4 is 0 Å². The molecule has 1 unspecified atom stereocenters. The van der Waals surface area contributed by atoms with Crippen LogP contribution in [0.5, 0.6) is 0 Å². The summed E-state index contributed by atoms with van der Waals surface area (Å²) in [5.41, 5.74) is 3.06. The van der Waals surface area contributed by atoms with Gasteiger partial charge in [0.1, 0.15) is 0 Å². The Balaban J connectivity index is 1.43. The van der Waals surface area contributed by atoms with Crippen LogP contribution in [0.25, 0.3) is 0 Å². The Morgan fingerprint density at radius 2 is 2.12 bits per heavy atom. The van der Waals surface area contributed by atoms with Crippen LogP contribution in [0.15, 0.2) is 55.4 Å². The first-order chi connectivity index (χ1) is 12.7. The Hall–Kier alpha value is -2.89. The minimum atomic E-state index is 0.104. The van der Waals surface area contributed by atoms with Gasteiger partial charge in [-0.25, -0.2) is 4.98 Å². The van der Waals surface area contributed by atoms with Crippen molar-refractivity contribution in [1.29, 1.82) is 0 Å². The number of aryl methyl sites for hydroxylation is 1. The fraction of sp³-hybridized carbons (Fsp3) is 0.350. The number of imidazole rings is 1. The number of nitrogens with zero attached hydrogens (tertiary/aromatic N) is 5. The molecule has 0 spiro atoms. The van der Waals surface area contributed by atoms with E-state index < -0.39 is 0 Å². The molecule has 3 heterocycles. The number of aromatic nitrogens is 4. The average Bonchev–Trinajstić information content (AvgIpc) is 3.34. The van der Waals surface area contributed by atoms with Crippen LogP contribution >= 0.6 is 0 Å². The highest BCUT2D eigenvalue weighted by Gasteiger charge is 2.25. The minimum absolute atomic E-state index is 0.104. The molecule has 26 heavy (non-hydrogen) atoms. The summed E-state index contributed by atoms with van der Waals surface area (Å²) in [6.07, 6.45) is 11.5. The first-order valence-corrected chi connectivity index (χ1v) is 9.04. The molecule has 1 fully saturated rings. The fourth-order valence-electron chi connectivity index (χ4n) is 3.51. The van der Waals surface area contributed by atoms with Crippen molar-refractivity contribution < 1.29 is 4.79 Å². The highest BCUT2D eigenvalue weighted by atomic mass is 16.2. The van der Waals surface area contributed by atoms with Gasteiger partial charge in [-0.15, -0.1) is 0 Å². The van der Waals surface area contributed by atoms with Crippen LogP contribution in [0.1, 0.15) is 40.4 Å². The third-order valence-corrected chi connectivity index (χ3v) is 4.91. The molecule has 0 aliphatic carbocycles. The van der Waals surface area contributed by atoms with Crippen LogP contribution in [0, 0.1) is 6.92 Å². The fourth-order valence-corrected chi connectivity index (χ4v) is 3.51. The van der Waals surface area contributed by atoms with Gasteiger partial charge in [0.05, 0.1) is 18.6 Å². The molecule has 0 radical (unpaired) electrons. The standard InChI is InChI=1S/C20H23N5O/c1-16-11-22-25(12-16)19-3-2-9-24(14-19)20(26)18-6-4-17(5-7-18)13-23-10-8-21-15-23/h4-8,10-12,15,19H,2-3,9,13-14H2,1H3. The van der Waals surface area contributed by atoms with Crippen molar-refractivity contribution in [3.05, 3.63) is 72.1 Å². The molecule has 2 aromatic heterocycles. The lowest BCUT2D eigenvalue weighted by Crippen LogP contribution is -2.40. The molecule has 3 aromatic rings. The summed E-state index contributed by atoms with van der Waals surface area (Å²) < 4.78 is 4.02. The molecule has 4 rings (SSSR count). The molecule has 1 aromatic carbocycles.